The molecule has 0 bridgehead atoms. The van der Waals surface area contributed by atoms with Crippen molar-refractivity contribution in [3.05, 3.63) is 29.3 Å². The summed E-state index contributed by atoms with van der Waals surface area (Å²) in [5, 5.41) is 8.48. The number of rotatable bonds is 4. The minimum absolute atomic E-state index is 0.196. The molecule has 0 aromatic heterocycles. The van der Waals surface area contributed by atoms with E-state index in [1.165, 1.54) is 24.0 Å². The zero-order chi connectivity index (χ0) is 11.4. The molecule has 2 N–H and O–H groups in total. The van der Waals surface area contributed by atoms with Crippen molar-refractivity contribution >= 4 is 0 Å². The number of hydrogen-bond donors (Lipinski definition) is 1. The van der Waals surface area contributed by atoms with Gasteiger partial charge >= 0.3 is 0 Å². The van der Waals surface area contributed by atoms with Gasteiger partial charge in [0.25, 0.3) is 0 Å². The number of aryl methyl sites for hydroxylation is 2. The van der Waals surface area contributed by atoms with Crippen LogP contribution in [0.5, 0.6) is 5.75 Å². The van der Waals surface area contributed by atoms with Crippen LogP contribution in [0.15, 0.2) is 18.2 Å². The maximum atomic E-state index is 8.48. The summed E-state index contributed by atoms with van der Waals surface area (Å²) in [5.41, 5.74) is 8.53. The summed E-state index contributed by atoms with van der Waals surface area (Å²) in [6.07, 6.45) is 3.91. The molecular weight excluding hydrogens is 200 g/mol. The monoisotopic (exact) mass is 216 g/mol. The highest BCUT2D eigenvalue weighted by Gasteiger charge is 2.11. The average Bonchev–Trinajstić information content (AvgIpc) is 2.74. The molecule has 2 rings (SSSR count). The number of hydrogen-bond acceptors (Lipinski definition) is 3. The number of benzene rings is 1. The lowest BCUT2D eigenvalue weighted by Gasteiger charge is -2.11. The Balaban J connectivity index is 1.93. The minimum Gasteiger partial charge on any atom is -0.492 e. The summed E-state index contributed by atoms with van der Waals surface area (Å²) in [5.74, 6) is 0.869. The van der Waals surface area contributed by atoms with Crippen LogP contribution in [0.2, 0.25) is 0 Å². The standard InChI is InChI=1S/C13H16N2O/c14-7-6-12(15)9-16-13-5-4-10-2-1-3-11(10)8-13/h4-5,8,12H,1-3,6,9,15H2. The highest BCUT2D eigenvalue weighted by atomic mass is 16.5. The van der Waals surface area contributed by atoms with E-state index in [1.54, 1.807) is 0 Å². The quantitative estimate of drug-likeness (QED) is 0.834. The average molecular weight is 216 g/mol. The SMILES string of the molecule is N#CCC(N)COc1ccc2c(c1)CCC2. The van der Waals surface area contributed by atoms with Crippen molar-refractivity contribution in [3.8, 4) is 11.8 Å². The van der Waals surface area contributed by atoms with Crippen LogP contribution in [0.3, 0.4) is 0 Å². The van der Waals surface area contributed by atoms with Crippen LogP contribution in [-0.4, -0.2) is 12.6 Å². The number of nitrogens with two attached hydrogens (primary N) is 1. The van der Waals surface area contributed by atoms with Crippen LogP contribution >= 0.6 is 0 Å². The normalized spacial score (nSPS) is 15.2. The van der Waals surface area contributed by atoms with Gasteiger partial charge in [-0.1, -0.05) is 6.07 Å². The second-order valence-electron chi connectivity index (χ2n) is 4.22. The molecule has 1 aromatic rings. The summed E-state index contributed by atoms with van der Waals surface area (Å²) in [4.78, 5) is 0. The Bertz CT molecular complexity index is 409. The molecule has 0 saturated heterocycles. The van der Waals surface area contributed by atoms with Crippen LogP contribution in [0.1, 0.15) is 24.0 Å². The molecular formula is C13H16N2O. The molecule has 0 heterocycles. The lowest BCUT2D eigenvalue weighted by Crippen LogP contribution is -2.27. The first-order valence-corrected chi connectivity index (χ1v) is 5.66. The van der Waals surface area contributed by atoms with Crippen molar-refractivity contribution in [2.45, 2.75) is 31.7 Å². The summed E-state index contributed by atoms with van der Waals surface area (Å²) in [6, 6.07) is 8.06. The lowest BCUT2D eigenvalue weighted by molar-refractivity contribution is 0.289. The second-order valence-corrected chi connectivity index (χ2v) is 4.22. The minimum atomic E-state index is -0.196. The Morgan fingerprint density at radius 3 is 3.00 bits per heavy atom. The largest absolute Gasteiger partial charge is 0.492 e. The number of ether oxygens (including phenoxy) is 1. The van der Waals surface area contributed by atoms with Gasteiger partial charge < -0.3 is 10.5 Å². The predicted octanol–water partition coefficient (Wildman–Crippen LogP) is 1.80. The molecule has 0 saturated carbocycles. The topological polar surface area (TPSA) is 59.0 Å². The molecule has 84 valence electrons. The van der Waals surface area contributed by atoms with Crippen LogP contribution < -0.4 is 10.5 Å². The van der Waals surface area contributed by atoms with E-state index in [0.717, 1.165) is 12.2 Å². The zero-order valence-electron chi connectivity index (χ0n) is 9.28. The highest BCUT2D eigenvalue weighted by Crippen LogP contribution is 2.25. The first kappa shape index (κ1) is 11.0. The Morgan fingerprint density at radius 1 is 1.38 bits per heavy atom. The summed E-state index contributed by atoms with van der Waals surface area (Å²) in [6.45, 7) is 0.409. The molecule has 0 aliphatic heterocycles. The molecule has 1 aliphatic rings. The first-order chi connectivity index (χ1) is 7.79. The van der Waals surface area contributed by atoms with E-state index in [9.17, 15) is 0 Å². The molecule has 0 fully saturated rings. The fourth-order valence-electron chi connectivity index (χ4n) is 2.02. The molecule has 3 heteroatoms. The van der Waals surface area contributed by atoms with Gasteiger partial charge in [-0.25, -0.2) is 0 Å². The van der Waals surface area contributed by atoms with E-state index >= 15 is 0 Å². The van der Waals surface area contributed by atoms with Gasteiger partial charge in [0, 0.05) is 0 Å². The van der Waals surface area contributed by atoms with Gasteiger partial charge in [0.2, 0.25) is 0 Å². The van der Waals surface area contributed by atoms with Crippen LogP contribution in [0.4, 0.5) is 0 Å². The fourth-order valence-corrected chi connectivity index (χ4v) is 2.02. The van der Waals surface area contributed by atoms with Gasteiger partial charge in [-0.05, 0) is 42.5 Å². The van der Waals surface area contributed by atoms with E-state index < -0.39 is 0 Å². The lowest BCUT2D eigenvalue weighted by atomic mass is 10.1. The van der Waals surface area contributed by atoms with Crippen LogP contribution in [0.25, 0.3) is 0 Å². The van der Waals surface area contributed by atoms with Crippen molar-refractivity contribution in [1.82, 2.24) is 0 Å². The smallest absolute Gasteiger partial charge is 0.119 e. The van der Waals surface area contributed by atoms with E-state index in [0.29, 0.717) is 13.0 Å². The molecule has 1 atom stereocenters. The Labute approximate surface area is 95.8 Å². The third-order valence-electron chi connectivity index (χ3n) is 2.89. The zero-order valence-corrected chi connectivity index (χ0v) is 9.28. The molecule has 1 aromatic carbocycles. The fraction of sp³-hybridized carbons (Fsp3) is 0.462. The molecule has 3 nitrogen and oxygen atoms in total. The van der Waals surface area contributed by atoms with Gasteiger partial charge in [-0.3, -0.25) is 0 Å². The highest BCUT2D eigenvalue weighted by molar-refractivity contribution is 5.38. The summed E-state index contributed by atoms with van der Waals surface area (Å²) in [7, 11) is 0. The van der Waals surface area contributed by atoms with Crippen LogP contribution in [-0.2, 0) is 12.8 Å². The van der Waals surface area contributed by atoms with Crippen molar-refractivity contribution in [3.63, 3.8) is 0 Å². The van der Waals surface area contributed by atoms with Crippen molar-refractivity contribution < 1.29 is 4.74 Å². The summed E-state index contributed by atoms with van der Waals surface area (Å²) >= 11 is 0. The molecule has 1 unspecified atom stereocenters. The van der Waals surface area contributed by atoms with Crippen molar-refractivity contribution in [1.29, 1.82) is 5.26 Å². The Morgan fingerprint density at radius 2 is 2.19 bits per heavy atom. The Kier molecular flexibility index (Phi) is 3.43. The van der Waals surface area contributed by atoms with Crippen LogP contribution in [0, 0.1) is 11.3 Å². The van der Waals surface area contributed by atoms with Gasteiger partial charge in [0.1, 0.15) is 12.4 Å². The van der Waals surface area contributed by atoms with Gasteiger partial charge in [0.05, 0.1) is 18.5 Å². The number of fused-ring (bicyclic) bond motifs is 1. The van der Waals surface area contributed by atoms with Gasteiger partial charge in [-0.2, -0.15) is 5.26 Å². The molecule has 16 heavy (non-hydrogen) atoms. The van der Waals surface area contributed by atoms with E-state index in [4.69, 9.17) is 15.7 Å². The first-order valence-electron chi connectivity index (χ1n) is 5.66. The third-order valence-corrected chi connectivity index (χ3v) is 2.89. The van der Waals surface area contributed by atoms with E-state index in [-0.39, 0.29) is 6.04 Å². The van der Waals surface area contributed by atoms with E-state index in [1.807, 2.05) is 12.1 Å². The molecule has 1 aliphatic carbocycles. The molecule has 0 amide bonds. The number of nitriles is 1. The number of nitrogens with zero attached hydrogens (tertiary/aromatic N) is 1. The summed E-state index contributed by atoms with van der Waals surface area (Å²) < 4.78 is 5.57. The van der Waals surface area contributed by atoms with Gasteiger partial charge in [-0.15, -0.1) is 0 Å². The van der Waals surface area contributed by atoms with Crippen molar-refractivity contribution in [2.24, 2.45) is 5.73 Å². The van der Waals surface area contributed by atoms with E-state index in [2.05, 4.69) is 12.1 Å². The van der Waals surface area contributed by atoms with Crippen molar-refractivity contribution in [2.75, 3.05) is 6.61 Å². The maximum Gasteiger partial charge on any atom is 0.119 e. The maximum absolute atomic E-state index is 8.48. The second kappa shape index (κ2) is 5.00. The third kappa shape index (κ3) is 2.53. The predicted molar refractivity (Wildman–Crippen MR) is 62.2 cm³/mol. The van der Waals surface area contributed by atoms with Gasteiger partial charge in [0.15, 0.2) is 0 Å². The Hall–Kier alpha value is -1.53. The molecule has 0 radical (unpaired) electrons. The molecule has 0 spiro atoms.